The van der Waals surface area contributed by atoms with Gasteiger partial charge in [-0.1, -0.05) is 20.8 Å². The van der Waals surface area contributed by atoms with E-state index in [1.54, 1.807) is 11.8 Å². The molecule has 1 aromatic rings. The maximum absolute atomic E-state index is 10.9. The van der Waals surface area contributed by atoms with Crippen LogP contribution >= 0.6 is 11.8 Å². The Balaban J connectivity index is 2.91. The molecule has 0 aliphatic carbocycles. The van der Waals surface area contributed by atoms with Crippen LogP contribution in [-0.4, -0.2) is 21.3 Å². The van der Waals surface area contributed by atoms with Crippen molar-refractivity contribution >= 4 is 23.4 Å². The summed E-state index contributed by atoms with van der Waals surface area (Å²) in [5, 5.41) is 10.0. The zero-order valence-corrected chi connectivity index (χ0v) is 10.4. The smallest absolute Gasteiger partial charge is 0.337 e. The van der Waals surface area contributed by atoms with E-state index >= 15 is 0 Å². The number of nitrogens with zero attached hydrogens (tertiary/aromatic N) is 1. The summed E-state index contributed by atoms with van der Waals surface area (Å²) in [5.74, 6) is -0.503. The molecule has 1 atom stereocenters. The van der Waals surface area contributed by atoms with E-state index in [1.807, 2.05) is 0 Å². The molecular formula is C11H16N2O2S. The minimum atomic E-state index is -1.01. The third-order valence-corrected chi connectivity index (χ3v) is 3.77. The minimum Gasteiger partial charge on any atom is -0.478 e. The topological polar surface area (TPSA) is 76.2 Å². The van der Waals surface area contributed by atoms with Crippen LogP contribution in [0.15, 0.2) is 17.3 Å². The summed E-state index contributed by atoms with van der Waals surface area (Å²) in [6.45, 7) is 6.33. The summed E-state index contributed by atoms with van der Waals surface area (Å²) >= 11 is 1.56. The van der Waals surface area contributed by atoms with Gasteiger partial charge in [-0.3, -0.25) is 0 Å². The summed E-state index contributed by atoms with van der Waals surface area (Å²) in [7, 11) is 0. The number of pyridine rings is 1. The van der Waals surface area contributed by atoms with Crippen molar-refractivity contribution in [1.29, 1.82) is 0 Å². The van der Waals surface area contributed by atoms with Crippen molar-refractivity contribution in [2.75, 3.05) is 5.73 Å². The molecule has 1 unspecified atom stereocenters. The van der Waals surface area contributed by atoms with E-state index in [1.165, 1.54) is 12.3 Å². The third kappa shape index (κ3) is 3.13. The number of aromatic carboxylic acids is 1. The standard InChI is InChI=1S/C11H16N2O2S/c1-6(2)7(3)16-10-4-8(11(14)15)9(12)5-13-10/h4-7H,12H2,1-3H3,(H,14,15). The van der Waals surface area contributed by atoms with Gasteiger partial charge in [0.15, 0.2) is 0 Å². The fourth-order valence-electron chi connectivity index (χ4n) is 1.02. The third-order valence-electron chi connectivity index (χ3n) is 2.39. The van der Waals surface area contributed by atoms with E-state index in [0.29, 0.717) is 16.2 Å². The minimum absolute atomic E-state index is 0.119. The van der Waals surface area contributed by atoms with E-state index < -0.39 is 5.97 Å². The van der Waals surface area contributed by atoms with Gasteiger partial charge < -0.3 is 10.8 Å². The molecule has 0 spiro atoms. The lowest BCUT2D eigenvalue weighted by molar-refractivity contribution is 0.0697. The van der Waals surface area contributed by atoms with Crippen molar-refractivity contribution in [3.63, 3.8) is 0 Å². The molecule has 0 radical (unpaired) electrons. The van der Waals surface area contributed by atoms with Crippen molar-refractivity contribution in [2.24, 2.45) is 5.92 Å². The molecule has 0 fully saturated rings. The maximum Gasteiger partial charge on any atom is 0.337 e. The molecule has 0 bridgehead atoms. The lowest BCUT2D eigenvalue weighted by Gasteiger charge is -2.14. The highest BCUT2D eigenvalue weighted by atomic mass is 32.2. The number of carboxylic acid groups (broad SMARTS) is 1. The second-order valence-corrected chi connectivity index (χ2v) is 5.38. The SMILES string of the molecule is CC(C)C(C)Sc1cc(C(=O)O)c(N)cn1. The van der Waals surface area contributed by atoms with E-state index in [2.05, 4.69) is 25.8 Å². The monoisotopic (exact) mass is 240 g/mol. The highest BCUT2D eigenvalue weighted by molar-refractivity contribution is 7.99. The van der Waals surface area contributed by atoms with Crippen molar-refractivity contribution in [3.05, 3.63) is 17.8 Å². The molecule has 0 aromatic carbocycles. The predicted molar refractivity (Wildman–Crippen MR) is 65.8 cm³/mol. The highest BCUT2D eigenvalue weighted by Crippen LogP contribution is 2.27. The summed E-state index contributed by atoms with van der Waals surface area (Å²) < 4.78 is 0. The normalized spacial score (nSPS) is 12.8. The highest BCUT2D eigenvalue weighted by Gasteiger charge is 2.13. The van der Waals surface area contributed by atoms with Gasteiger partial charge in [0, 0.05) is 5.25 Å². The van der Waals surface area contributed by atoms with Gasteiger partial charge in [-0.05, 0) is 12.0 Å². The van der Waals surface area contributed by atoms with Crippen LogP contribution in [0, 0.1) is 5.92 Å². The van der Waals surface area contributed by atoms with E-state index in [0.717, 1.165) is 0 Å². The quantitative estimate of drug-likeness (QED) is 0.791. The van der Waals surface area contributed by atoms with E-state index in [4.69, 9.17) is 10.8 Å². The first-order valence-corrected chi connectivity index (χ1v) is 5.95. The molecule has 0 amide bonds. The molecule has 16 heavy (non-hydrogen) atoms. The number of carboxylic acids is 1. The Morgan fingerprint density at radius 1 is 1.50 bits per heavy atom. The number of anilines is 1. The van der Waals surface area contributed by atoms with Crippen LogP contribution in [0.1, 0.15) is 31.1 Å². The maximum atomic E-state index is 10.9. The number of carbonyl (C=O) groups is 1. The number of nitrogen functional groups attached to an aromatic ring is 1. The Labute approximate surface area is 99.3 Å². The van der Waals surface area contributed by atoms with Crippen molar-refractivity contribution in [3.8, 4) is 0 Å². The molecular weight excluding hydrogens is 224 g/mol. The first kappa shape index (κ1) is 12.8. The van der Waals surface area contributed by atoms with Crippen LogP contribution in [0.25, 0.3) is 0 Å². The molecule has 5 heteroatoms. The molecule has 3 N–H and O–H groups in total. The Morgan fingerprint density at radius 2 is 2.12 bits per heavy atom. The zero-order valence-electron chi connectivity index (χ0n) is 9.60. The van der Waals surface area contributed by atoms with Crippen LogP contribution in [-0.2, 0) is 0 Å². The molecule has 4 nitrogen and oxygen atoms in total. The first-order chi connectivity index (χ1) is 7.41. The number of aromatic nitrogens is 1. The van der Waals surface area contributed by atoms with Gasteiger partial charge in [-0.15, -0.1) is 11.8 Å². The number of hydrogen-bond acceptors (Lipinski definition) is 4. The molecule has 1 rings (SSSR count). The van der Waals surface area contributed by atoms with Crippen LogP contribution < -0.4 is 5.73 Å². The van der Waals surface area contributed by atoms with Gasteiger partial charge in [0.1, 0.15) is 0 Å². The van der Waals surface area contributed by atoms with Crippen molar-refractivity contribution in [1.82, 2.24) is 4.98 Å². The van der Waals surface area contributed by atoms with Gasteiger partial charge >= 0.3 is 5.97 Å². The molecule has 88 valence electrons. The number of thioether (sulfide) groups is 1. The van der Waals surface area contributed by atoms with Gasteiger partial charge in [0.25, 0.3) is 0 Å². The lowest BCUT2D eigenvalue weighted by atomic mass is 10.2. The fraction of sp³-hybridized carbons (Fsp3) is 0.455. The Morgan fingerprint density at radius 3 is 2.62 bits per heavy atom. The van der Waals surface area contributed by atoms with Gasteiger partial charge in [0.05, 0.1) is 22.5 Å². The average Bonchev–Trinajstić information content (AvgIpc) is 2.20. The number of nitrogens with two attached hydrogens (primary N) is 1. The van der Waals surface area contributed by atoms with Crippen LogP contribution in [0.3, 0.4) is 0 Å². The van der Waals surface area contributed by atoms with Crippen molar-refractivity contribution < 1.29 is 9.90 Å². The second kappa shape index (κ2) is 5.21. The summed E-state index contributed by atoms with van der Waals surface area (Å²) in [6, 6.07) is 1.53. The molecule has 1 heterocycles. The Bertz CT molecular complexity index is 394. The Kier molecular flexibility index (Phi) is 4.18. The second-order valence-electron chi connectivity index (χ2n) is 3.98. The van der Waals surface area contributed by atoms with Gasteiger partial charge in [-0.2, -0.15) is 0 Å². The zero-order chi connectivity index (χ0) is 12.3. The molecule has 0 saturated carbocycles. The summed E-state index contributed by atoms with van der Waals surface area (Å²) in [5.41, 5.74) is 5.85. The summed E-state index contributed by atoms with van der Waals surface area (Å²) in [4.78, 5) is 15.0. The average molecular weight is 240 g/mol. The van der Waals surface area contributed by atoms with Crippen LogP contribution in [0.4, 0.5) is 5.69 Å². The summed E-state index contributed by atoms with van der Waals surface area (Å²) in [6.07, 6.45) is 1.40. The van der Waals surface area contributed by atoms with Crippen molar-refractivity contribution in [2.45, 2.75) is 31.0 Å². The van der Waals surface area contributed by atoms with Gasteiger partial charge in [-0.25, -0.2) is 9.78 Å². The first-order valence-electron chi connectivity index (χ1n) is 5.07. The van der Waals surface area contributed by atoms with E-state index in [-0.39, 0.29) is 11.3 Å². The number of hydrogen-bond donors (Lipinski definition) is 2. The number of rotatable bonds is 4. The molecule has 0 saturated heterocycles. The lowest BCUT2D eigenvalue weighted by Crippen LogP contribution is -2.07. The van der Waals surface area contributed by atoms with Gasteiger partial charge in [0.2, 0.25) is 0 Å². The molecule has 0 aliphatic heterocycles. The molecule has 0 aliphatic rings. The fourth-order valence-corrected chi connectivity index (χ4v) is 1.98. The largest absolute Gasteiger partial charge is 0.478 e. The Hall–Kier alpha value is -1.23. The molecule has 1 aromatic heterocycles. The predicted octanol–water partition coefficient (Wildman–Crippen LogP) is 2.50. The van der Waals surface area contributed by atoms with Crippen LogP contribution in [0.5, 0.6) is 0 Å². The van der Waals surface area contributed by atoms with Crippen LogP contribution in [0.2, 0.25) is 0 Å². The van der Waals surface area contributed by atoms with E-state index in [9.17, 15) is 4.79 Å².